The van der Waals surface area contributed by atoms with Crippen molar-refractivity contribution in [3.8, 4) is 28.3 Å². The zero-order chi connectivity index (χ0) is 23.9. The molecular weight excluding hydrogens is 595 g/mol. The minimum absolute atomic E-state index is 0.0679. The zero-order valence-electron chi connectivity index (χ0n) is 16.5. The van der Waals surface area contributed by atoms with Crippen molar-refractivity contribution < 1.29 is 22.5 Å². The van der Waals surface area contributed by atoms with Gasteiger partial charge in [-0.25, -0.2) is 9.07 Å². The summed E-state index contributed by atoms with van der Waals surface area (Å²) in [6.07, 6.45) is 1.11. The lowest BCUT2D eigenvalue weighted by atomic mass is 10.0. The Morgan fingerprint density at radius 2 is 1.94 bits per heavy atom. The Morgan fingerprint density at radius 3 is 2.58 bits per heavy atom. The van der Waals surface area contributed by atoms with Gasteiger partial charge in [0.1, 0.15) is 22.8 Å². The minimum Gasteiger partial charge on any atom is -0.355 e. The van der Waals surface area contributed by atoms with Crippen molar-refractivity contribution in [3.63, 3.8) is 0 Å². The molecule has 0 spiro atoms. The van der Waals surface area contributed by atoms with Crippen LogP contribution in [0.3, 0.4) is 0 Å². The van der Waals surface area contributed by atoms with E-state index in [-0.39, 0.29) is 38.3 Å². The maximum absolute atomic E-state index is 14.8. The first-order valence-electron chi connectivity index (χ1n) is 9.20. The number of carbonyl (C=O) groups excluding carboxylic acids is 1. The number of hydrogen-bond acceptors (Lipinski definition) is 4. The monoisotopic (exact) mass is 606 g/mol. The number of carbonyl (C=O) groups is 1. The van der Waals surface area contributed by atoms with Gasteiger partial charge in [-0.3, -0.25) is 4.79 Å². The molecule has 0 atom stereocenters. The summed E-state index contributed by atoms with van der Waals surface area (Å²) in [4.78, 5) is 12.8. The van der Waals surface area contributed by atoms with Gasteiger partial charge >= 0.3 is 3.93 Å². The van der Waals surface area contributed by atoms with Crippen LogP contribution in [0.5, 0.6) is 0 Å². The number of rotatable bonds is 5. The third kappa shape index (κ3) is 4.46. The van der Waals surface area contributed by atoms with Gasteiger partial charge in [-0.05, 0) is 30.3 Å². The highest BCUT2D eigenvalue weighted by molar-refractivity contribution is 14.1. The van der Waals surface area contributed by atoms with Gasteiger partial charge in [0.25, 0.3) is 5.91 Å². The number of nitrogens with one attached hydrogen (secondary N) is 1. The van der Waals surface area contributed by atoms with E-state index in [4.69, 9.17) is 27.7 Å². The van der Waals surface area contributed by atoms with Gasteiger partial charge < -0.3 is 9.84 Å². The molecule has 0 saturated heterocycles. The van der Waals surface area contributed by atoms with Gasteiger partial charge in [-0.15, -0.1) is 0 Å². The summed E-state index contributed by atoms with van der Waals surface area (Å²) in [5.74, 6) is -1.49. The fourth-order valence-corrected chi connectivity index (χ4v) is 4.06. The molecule has 0 unspecified atom stereocenters. The highest BCUT2D eigenvalue weighted by Crippen LogP contribution is 2.44. The number of nitrogens with zero attached hydrogens (tertiary/aromatic N) is 3. The maximum atomic E-state index is 14.8. The van der Waals surface area contributed by atoms with Crippen LogP contribution in [0.2, 0.25) is 10.0 Å². The van der Waals surface area contributed by atoms with Crippen LogP contribution in [0.4, 0.5) is 13.2 Å². The van der Waals surface area contributed by atoms with E-state index >= 15 is 0 Å². The van der Waals surface area contributed by atoms with Gasteiger partial charge in [0, 0.05) is 35.2 Å². The highest BCUT2D eigenvalue weighted by atomic mass is 127. The summed E-state index contributed by atoms with van der Waals surface area (Å²) in [7, 11) is 1.38. The zero-order valence-corrected chi connectivity index (χ0v) is 20.2. The topological polar surface area (TPSA) is 73.0 Å². The van der Waals surface area contributed by atoms with Gasteiger partial charge in [0.2, 0.25) is 0 Å². The Bertz CT molecular complexity index is 1370. The molecule has 1 amide bonds. The number of aromatic nitrogens is 3. The molecule has 0 radical (unpaired) electrons. The maximum Gasteiger partial charge on any atom is 0.338 e. The molecule has 6 nitrogen and oxygen atoms in total. The smallest absolute Gasteiger partial charge is 0.338 e. The lowest BCUT2D eigenvalue weighted by molar-refractivity contribution is 0.0963. The van der Waals surface area contributed by atoms with Crippen molar-refractivity contribution in [2.24, 2.45) is 0 Å². The molecule has 0 aliphatic carbocycles. The van der Waals surface area contributed by atoms with E-state index in [2.05, 4.69) is 15.6 Å². The van der Waals surface area contributed by atoms with Crippen LogP contribution in [-0.4, -0.2) is 27.9 Å². The average Bonchev–Trinajstić information content (AvgIpc) is 3.39. The van der Waals surface area contributed by atoms with E-state index in [1.165, 1.54) is 37.4 Å². The van der Waals surface area contributed by atoms with Crippen molar-refractivity contribution in [1.82, 2.24) is 20.3 Å². The lowest BCUT2D eigenvalue weighted by Crippen LogP contribution is -2.19. The predicted octanol–water partition coefficient (Wildman–Crippen LogP) is 6.48. The molecule has 0 saturated carbocycles. The number of amides is 1. The fourth-order valence-electron chi connectivity index (χ4n) is 3.24. The Hall–Kier alpha value is -2.57. The van der Waals surface area contributed by atoms with E-state index in [0.29, 0.717) is 5.56 Å². The third-order valence-corrected chi connectivity index (χ3v) is 5.92. The molecule has 170 valence electrons. The van der Waals surface area contributed by atoms with Gasteiger partial charge in [0.15, 0.2) is 5.76 Å². The van der Waals surface area contributed by atoms with Crippen LogP contribution in [0.25, 0.3) is 28.3 Å². The summed E-state index contributed by atoms with van der Waals surface area (Å²) < 4.78 is 46.1. The van der Waals surface area contributed by atoms with Crippen LogP contribution in [0.15, 0.2) is 53.2 Å². The van der Waals surface area contributed by atoms with E-state index in [1.807, 2.05) is 0 Å². The molecule has 0 aliphatic heterocycles. The summed E-state index contributed by atoms with van der Waals surface area (Å²) >= 11 is 13.0. The predicted molar refractivity (Wildman–Crippen MR) is 126 cm³/mol. The lowest BCUT2D eigenvalue weighted by Gasteiger charge is -2.14. The fraction of sp³-hybridized carbons (Fsp3) is 0.0952. The van der Waals surface area contributed by atoms with Crippen LogP contribution < -0.4 is 5.32 Å². The van der Waals surface area contributed by atoms with E-state index in [9.17, 15) is 18.0 Å². The molecule has 2 aromatic carbocycles. The van der Waals surface area contributed by atoms with Crippen LogP contribution in [0, 0.1) is 5.82 Å². The third-order valence-electron chi connectivity index (χ3n) is 4.67. The molecule has 2 heterocycles. The number of benzene rings is 2. The van der Waals surface area contributed by atoms with Crippen molar-refractivity contribution in [3.05, 3.63) is 75.8 Å². The van der Waals surface area contributed by atoms with Crippen molar-refractivity contribution >= 4 is 51.7 Å². The molecule has 33 heavy (non-hydrogen) atoms. The largest absolute Gasteiger partial charge is 0.355 e. The molecule has 4 aromatic rings. The van der Waals surface area contributed by atoms with Gasteiger partial charge in [-0.1, -0.05) is 40.5 Å². The Balaban J connectivity index is 1.97. The molecule has 2 aromatic heterocycles. The second-order valence-corrected chi connectivity index (χ2v) is 8.91. The number of hydrogen-bond donors (Lipinski definition) is 1. The van der Waals surface area contributed by atoms with E-state index < -0.39 is 21.3 Å². The molecule has 0 fully saturated rings. The summed E-state index contributed by atoms with van der Waals surface area (Å²) in [6.45, 7) is 0. The van der Waals surface area contributed by atoms with Crippen LogP contribution in [0.1, 0.15) is 16.1 Å². The second-order valence-electron chi connectivity index (χ2n) is 6.74. The molecule has 1 N–H and O–H groups in total. The van der Waals surface area contributed by atoms with Gasteiger partial charge in [0.05, 0.1) is 27.5 Å². The minimum atomic E-state index is -3.47. The van der Waals surface area contributed by atoms with Crippen molar-refractivity contribution in [2.75, 3.05) is 7.05 Å². The Kier molecular flexibility index (Phi) is 6.43. The highest BCUT2D eigenvalue weighted by Gasteiger charge is 2.39. The second kappa shape index (κ2) is 8.99. The molecule has 0 aliphatic rings. The first-order chi connectivity index (χ1) is 15.6. The SMILES string of the molecule is CNC(=O)c1c(-c2ccc(Cl)c(Cl)c2)noc1-c1cnn(-c2cccc(F)c2)c1C(F)(F)I. The van der Waals surface area contributed by atoms with Crippen LogP contribution in [-0.2, 0) is 3.93 Å². The summed E-state index contributed by atoms with van der Waals surface area (Å²) in [6, 6.07) is 9.58. The van der Waals surface area contributed by atoms with Crippen LogP contribution >= 0.6 is 45.8 Å². The molecule has 0 bridgehead atoms. The molecule has 4 rings (SSSR count). The summed E-state index contributed by atoms with van der Waals surface area (Å²) in [5, 5.41) is 10.9. The first-order valence-corrected chi connectivity index (χ1v) is 11.0. The summed E-state index contributed by atoms with van der Waals surface area (Å²) in [5.41, 5.74) is -0.371. The Labute approximate surface area is 208 Å². The number of halogens is 6. The van der Waals surface area contributed by atoms with Gasteiger partial charge in [-0.2, -0.15) is 13.9 Å². The molecule has 12 heteroatoms. The average molecular weight is 607 g/mol. The normalized spacial score (nSPS) is 11.6. The quantitative estimate of drug-likeness (QED) is 0.208. The first kappa shape index (κ1) is 23.6. The van der Waals surface area contributed by atoms with E-state index in [1.54, 1.807) is 6.07 Å². The van der Waals surface area contributed by atoms with E-state index in [0.717, 1.165) is 39.5 Å². The van der Waals surface area contributed by atoms with Crippen molar-refractivity contribution in [1.29, 1.82) is 0 Å². The standard InChI is InChI=1S/C21H12Cl2F3IN4O2/c1-28-20(32)16-17(10-5-6-14(22)15(23)7-10)30-33-18(16)13-9-29-31(19(13)21(25,26)27)12-4-2-3-11(24)8-12/h2-9H,1H3,(H,28,32). The van der Waals surface area contributed by atoms with Crippen molar-refractivity contribution in [2.45, 2.75) is 3.93 Å². The number of alkyl halides is 3. The Morgan fingerprint density at radius 1 is 1.18 bits per heavy atom. The molecular formula is C21H12Cl2F3IN4O2.